The SMILES string of the molecule is O=C(C(c1ccccc1)n1ccc2[nH]ncc2c1=S)N1CCC(O)(c2ccccn2)CC1. The summed E-state index contributed by atoms with van der Waals surface area (Å²) >= 11 is 5.73. The Hall–Kier alpha value is -3.36. The Bertz CT molecular complexity index is 1290. The van der Waals surface area contributed by atoms with Crippen molar-refractivity contribution in [2.24, 2.45) is 0 Å². The highest BCUT2D eigenvalue weighted by Gasteiger charge is 2.38. The topological polar surface area (TPSA) is 87.0 Å². The Balaban J connectivity index is 1.47. The van der Waals surface area contributed by atoms with Gasteiger partial charge < -0.3 is 14.6 Å². The fraction of sp³-hybridized carbons (Fsp3) is 0.250. The molecule has 0 aliphatic carbocycles. The number of H-pyrrole nitrogens is 1. The van der Waals surface area contributed by atoms with Crippen molar-refractivity contribution in [3.05, 3.63) is 89.1 Å². The first-order valence-corrected chi connectivity index (χ1v) is 11.0. The van der Waals surface area contributed by atoms with Crippen LogP contribution >= 0.6 is 12.2 Å². The van der Waals surface area contributed by atoms with Crippen LogP contribution in [0.3, 0.4) is 0 Å². The van der Waals surface area contributed by atoms with Crippen LogP contribution in [-0.4, -0.2) is 48.8 Å². The second-order valence-electron chi connectivity index (χ2n) is 8.11. The highest BCUT2D eigenvalue weighted by molar-refractivity contribution is 7.71. The molecule has 1 atom stereocenters. The zero-order valence-electron chi connectivity index (χ0n) is 17.4. The number of piperidine rings is 1. The normalized spacial score (nSPS) is 16.7. The van der Waals surface area contributed by atoms with Gasteiger partial charge >= 0.3 is 0 Å². The first-order chi connectivity index (χ1) is 15.6. The third-order valence-electron chi connectivity index (χ3n) is 6.21. The maximum Gasteiger partial charge on any atom is 0.250 e. The summed E-state index contributed by atoms with van der Waals surface area (Å²) in [6, 6.07) is 16.5. The number of carbonyl (C=O) groups excluding carboxylic acids is 1. The highest BCUT2D eigenvalue weighted by atomic mass is 32.1. The molecule has 1 aromatic carbocycles. The van der Waals surface area contributed by atoms with E-state index >= 15 is 0 Å². The van der Waals surface area contributed by atoms with Crippen LogP contribution in [-0.2, 0) is 10.4 Å². The molecule has 3 aromatic heterocycles. The van der Waals surface area contributed by atoms with E-state index in [0.717, 1.165) is 16.5 Å². The molecular formula is C24H23N5O2S. The number of carbonyl (C=O) groups is 1. The number of aromatic nitrogens is 4. The average molecular weight is 446 g/mol. The van der Waals surface area contributed by atoms with E-state index in [0.29, 0.717) is 36.3 Å². The van der Waals surface area contributed by atoms with Crippen molar-refractivity contribution in [3.63, 3.8) is 0 Å². The number of nitrogens with zero attached hydrogens (tertiary/aromatic N) is 4. The van der Waals surface area contributed by atoms with Crippen molar-refractivity contribution in [2.75, 3.05) is 13.1 Å². The van der Waals surface area contributed by atoms with Gasteiger partial charge in [0.15, 0.2) is 0 Å². The zero-order valence-corrected chi connectivity index (χ0v) is 18.2. The summed E-state index contributed by atoms with van der Waals surface area (Å²) in [6.45, 7) is 0.882. The van der Waals surface area contributed by atoms with Crippen molar-refractivity contribution >= 4 is 29.0 Å². The van der Waals surface area contributed by atoms with E-state index in [1.807, 2.05) is 70.3 Å². The molecule has 7 nitrogen and oxygen atoms in total. The zero-order chi connectivity index (χ0) is 22.1. The number of aromatic amines is 1. The van der Waals surface area contributed by atoms with Crippen molar-refractivity contribution < 1.29 is 9.90 Å². The second kappa shape index (κ2) is 8.29. The lowest BCUT2D eigenvalue weighted by Crippen LogP contribution is -2.47. The fourth-order valence-electron chi connectivity index (χ4n) is 4.38. The molecule has 0 radical (unpaired) electrons. The second-order valence-corrected chi connectivity index (χ2v) is 8.50. The minimum Gasteiger partial charge on any atom is -0.383 e. The first kappa shape index (κ1) is 20.5. The molecule has 4 heterocycles. The number of likely N-dealkylation sites (tertiary alicyclic amines) is 1. The van der Waals surface area contributed by atoms with Gasteiger partial charge in [0.25, 0.3) is 0 Å². The van der Waals surface area contributed by atoms with E-state index in [1.54, 1.807) is 12.4 Å². The van der Waals surface area contributed by atoms with E-state index in [4.69, 9.17) is 12.2 Å². The minimum absolute atomic E-state index is 0.0433. The molecule has 1 unspecified atom stereocenters. The summed E-state index contributed by atoms with van der Waals surface area (Å²) in [5.41, 5.74) is 1.33. The summed E-state index contributed by atoms with van der Waals surface area (Å²) < 4.78 is 2.39. The molecule has 2 N–H and O–H groups in total. The standard InChI is InChI=1S/C24H23N5O2S/c30-22(28-14-10-24(31,11-15-28)20-8-4-5-12-25-20)21(17-6-2-1-3-7-17)29-13-9-19-18(23(29)32)16-26-27-19/h1-9,12-13,16,21,31H,10-11,14-15H2,(H,26,27). The van der Waals surface area contributed by atoms with E-state index in [-0.39, 0.29) is 5.91 Å². The average Bonchev–Trinajstić information content (AvgIpc) is 3.32. The minimum atomic E-state index is -1.02. The molecule has 4 aromatic rings. The molecule has 5 rings (SSSR count). The van der Waals surface area contributed by atoms with E-state index in [2.05, 4.69) is 15.2 Å². The maximum atomic E-state index is 13.8. The monoisotopic (exact) mass is 445 g/mol. The molecule has 1 aliphatic rings. The van der Waals surface area contributed by atoms with Gasteiger partial charge in [-0.3, -0.25) is 14.9 Å². The van der Waals surface area contributed by atoms with Crippen LogP contribution in [0.25, 0.3) is 10.9 Å². The summed E-state index contributed by atoms with van der Waals surface area (Å²) in [5.74, 6) is -0.0433. The highest BCUT2D eigenvalue weighted by Crippen LogP contribution is 2.33. The van der Waals surface area contributed by atoms with Gasteiger partial charge in [-0.25, -0.2) is 0 Å². The fourth-order valence-corrected chi connectivity index (χ4v) is 4.71. The number of aliphatic hydroxyl groups is 1. The number of fused-ring (bicyclic) bond motifs is 1. The third-order valence-corrected chi connectivity index (χ3v) is 6.64. The number of hydrogen-bond donors (Lipinski definition) is 2. The first-order valence-electron chi connectivity index (χ1n) is 10.6. The number of benzene rings is 1. The van der Waals surface area contributed by atoms with Crippen LogP contribution in [0.4, 0.5) is 0 Å². The molecule has 1 saturated heterocycles. The van der Waals surface area contributed by atoms with Crippen molar-refractivity contribution in [2.45, 2.75) is 24.5 Å². The third kappa shape index (κ3) is 3.61. The van der Waals surface area contributed by atoms with Crippen molar-refractivity contribution in [3.8, 4) is 0 Å². The van der Waals surface area contributed by atoms with E-state index in [1.165, 1.54) is 0 Å². The Morgan fingerprint density at radius 3 is 2.56 bits per heavy atom. The van der Waals surface area contributed by atoms with Gasteiger partial charge in [0, 0.05) is 25.5 Å². The van der Waals surface area contributed by atoms with Gasteiger partial charge in [-0.1, -0.05) is 48.6 Å². The lowest BCUT2D eigenvalue weighted by atomic mass is 9.87. The largest absolute Gasteiger partial charge is 0.383 e. The number of hydrogen-bond acceptors (Lipinski definition) is 5. The number of nitrogens with one attached hydrogen (secondary N) is 1. The lowest BCUT2D eigenvalue weighted by molar-refractivity contribution is -0.138. The van der Waals surface area contributed by atoms with Crippen LogP contribution in [0.1, 0.15) is 30.1 Å². The molecular weight excluding hydrogens is 422 g/mol. The molecule has 162 valence electrons. The Kier molecular flexibility index (Phi) is 5.32. The molecule has 0 spiro atoms. The smallest absolute Gasteiger partial charge is 0.250 e. The summed E-state index contributed by atoms with van der Waals surface area (Å²) in [5, 5.41) is 18.9. The molecule has 32 heavy (non-hydrogen) atoms. The Labute approximate surface area is 190 Å². The van der Waals surface area contributed by atoms with Crippen LogP contribution in [0, 0.1) is 4.64 Å². The predicted octanol–water partition coefficient (Wildman–Crippen LogP) is 3.59. The van der Waals surface area contributed by atoms with E-state index < -0.39 is 11.6 Å². The molecule has 1 amide bonds. The van der Waals surface area contributed by atoms with Gasteiger partial charge in [0.1, 0.15) is 16.3 Å². The molecule has 0 bridgehead atoms. The van der Waals surface area contributed by atoms with Crippen LogP contribution in [0.15, 0.2) is 73.2 Å². The van der Waals surface area contributed by atoms with Crippen LogP contribution < -0.4 is 0 Å². The van der Waals surface area contributed by atoms with Crippen molar-refractivity contribution in [1.29, 1.82) is 0 Å². The van der Waals surface area contributed by atoms with Gasteiger partial charge in [-0.2, -0.15) is 5.10 Å². The van der Waals surface area contributed by atoms with Gasteiger partial charge in [-0.05, 0) is 36.6 Å². The number of amides is 1. The Morgan fingerprint density at radius 2 is 1.84 bits per heavy atom. The Morgan fingerprint density at radius 1 is 1.09 bits per heavy atom. The predicted molar refractivity (Wildman–Crippen MR) is 123 cm³/mol. The molecule has 0 saturated carbocycles. The quantitative estimate of drug-likeness (QED) is 0.469. The van der Waals surface area contributed by atoms with Gasteiger partial charge in [-0.15, -0.1) is 0 Å². The van der Waals surface area contributed by atoms with Crippen LogP contribution in [0.2, 0.25) is 0 Å². The molecule has 8 heteroatoms. The van der Waals surface area contributed by atoms with E-state index in [9.17, 15) is 9.90 Å². The maximum absolute atomic E-state index is 13.8. The van der Waals surface area contributed by atoms with Gasteiger partial charge in [0.05, 0.1) is 22.8 Å². The number of rotatable bonds is 4. The van der Waals surface area contributed by atoms with Crippen molar-refractivity contribution in [1.82, 2.24) is 24.6 Å². The summed E-state index contributed by atoms with van der Waals surface area (Å²) in [7, 11) is 0. The molecule has 1 fully saturated rings. The van der Waals surface area contributed by atoms with Crippen LogP contribution in [0.5, 0.6) is 0 Å². The summed E-state index contributed by atoms with van der Waals surface area (Å²) in [6.07, 6.45) is 6.08. The number of pyridine rings is 2. The summed E-state index contributed by atoms with van der Waals surface area (Å²) in [4.78, 5) is 20.0. The lowest BCUT2D eigenvalue weighted by Gasteiger charge is -2.39. The molecule has 1 aliphatic heterocycles. The van der Waals surface area contributed by atoms with Gasteiger partial charge in [0.2, 0.25) is 5.91 Å².